The molecule has 2 rings (SSSR count). The van der Waals surface area contributed by atoms with Crippen LogP contribution in [0.5, 0.6) is 5.75 Å². The van der Waals surface area contributed by atoms with Crippen molar-refractivity contribution in [1.82, 2.24) is 10.0 Å². The number of nitrogens with one attached hydrogen (secondary N) is 2. The number of carbonyl (C=O) groups is 1. The molecule has 1 heterocycles. The van der Waals surface area contributed by atoms with Crippen LogP contribution in [-0.2, 0) is 14.8 Å². The molecule has 7 heteroatoms. The largest absolute Gasteiger partial charge is 0.491 e. The molecule has 0 aromatic heterocycles. The molecular formula is C16H24N2O4S. The molecule has 1 atom stereocenters. The minimum absolute atomic E-state index is 0.0176. The molecule has 1 fully saturated rings. The quantitative estimate of drug-likeness (QED) is 0.855. The second-order valence-electron chi connectivity index (χ2n) is 6.05. The number of hydrogen-bond donors (Lipinski definition) is 2. The fourth-order valence-corrected chi connectivity index (χ4v) is 3.80. The Morgan fingerprint density at radius 1 is 1.30 bits per heavy atom. The van der Waals surface area contributed by atoms with Crippen molar-refractivity contribution < 1.29 is 17.9 Å². The normalized spacial score (nSPS) is 19.3. The van der Waals surface area contributed by atoms with Crippen LogP contribution in [0.15, 0.2) is 23.1 Å². The standard InChI is InChI=1S/C16H24N2O4S/c1-11(2)22-15-8-7-13(10-12(15)3)23(20,21)18-14-6-4-5-9-17-16(14)19/h7-8,10-11,14,18H,4-6,9H2,1-3H3,(H,17,19). The van der Waals surface area contributed by atoms with E-state index in [-0.39, 0.29) is 16.9 Å². The number of rotatable bonds is 5. The predicted octanol–water partition coefficient (Wildman–Crippen LogP) is 1.73. The first-order valence-corrected chi connectivity index (χ1v) is 9.35. The molecule has 0 bridgehead atoms. The van der Waals surface area contributed by atoms with E-state index in [0.717, 1.165) is 18.4 Å². The summed E-state index contributed by atoms with van der Waals surface area (Å²) < 4.78 is 33.1. The average Bonchev–Trinajstić information content (AvgIpc) is 2.65. The minimum Gasteiger partial charge on any atom is -0.491 e. The van der Waals surface area contributed by atoms with Gasteiger partial charge in [-0.3, -0.25) is 4.79 Å². The Balaban J connectivity index is 2.18. The molecule has 0 saturated carbocycles. The van der Waals surface area contributed by atoms with E-state index in [9.17, 15) is 13.2 Å². The van der Waals surface area contributed by atoms with E-state index < -0.39 is 16.1 Å². The molecule has 0 spiro atoms. The van der Waals surface area contributed by atoms with Gasteiger partial charge in [0.1, 0.15) is 11.8 Å². The van der Waals surface area contributed by atoms with Crippen LogP contribution in [0.3, 0.4) is 0 Å². The molecule has 1 aromatic carbocycles. The van der Waals surface area contributed by atoms with Crippen LogP contribution in [0.2, 0.25) is 0 Å². The van der Waals surface area contributed by atoms with Crippen molar-refractivity contribution in [3.05, 3.63) is 23.8 Å². The Bertz CT molecular complexity index is 671. The van der Waals surface area contributed by atoms with Gasteiger partial charge in [0.2, 0.25) is 15.9 Å². The zero-order chi connectivity index (χ0) is 17.0. The third-order valence-corrected chi connectivity index (χ3v) is 5.12. The molecule has 0 radical (unpaired) electrons. The van der Waals surface area contributed by atoms with Crippen LogP contribution >= 0.6 is 0 Å². The lowest BCUT2D eigenvalue weighted by atomic mass is 10.1. The van der Waals surface area contributed by atoms with E-state index >= 15 is 0 Å². The maximum absolute atomic E-state index is 12.5. The first-order chi connectivity index (χ1) is 10.8. The summed E-state index contributed by atoms with van der Waals surface area (Å²) in [5.74, 6) is 0.397. The Hall–Kier alpha value is -1.60. The van der Waals surface area contributed by atoms with Crippen molar-refractivity contribution >= 4 is 15.9 Å². The average molecular weight is 340 g/mol. The van der Waals surface area contributed by atoms with E-state index in [0.29, 0.717) is 18.7 Å². The third-order valence-electron chi connectivity index (χ3n) is 3.65. The highest BCUT2D eigenvalue weighted by atomic mass is 32.2. The summed E-state index contributed by atoms with van der Waals surface area (Å²) in [6, 6.07) is 4.00. The molecular weight excluding hydrogens is 316 g/mol. The molecule has 0 aliphatic carbocycles. The molecule has 6 nitrogen and oxygen atoms in total. The van der Waals surface area contributed by atoms with Crippen LogP contribution in [0.25, 0.3) is 0 Å². The van der Waals surface area contributed by atoms with Gasteiger partial charge in [-0.05, 0) is 63.8 Å². The van der Waals surface area contributed by atoms with Crippen LogP contribution in [-0.4, -0.2) is 33.0 Å². The highest BCUT2D eigenvalue weighted by molar-refractivity contribution is 7.89. The fourth-order valence-electron chi connectivity index (χ4n) is 2.48. The lowest BCUT2D eigenvalue weighted by molar-refractivity contribution is -0.122. The smallest absolute Gasteiger partial charge is 0.241 e. The fraction of sp³-hybridized carbons (Fsp3) is 0.562. The Labute approximate surface area is 137 Å². The number of benzene rings is 1. The van der Waals surface area contributed by atoms with Crippen molar-refractivity contribution in [3.63, 3.8) is 0 Å². The highest BCUT2D eigenvalue weighted by Gasteiger charge is 2.27. The van der Waals surface area contributed by atoms with Crippen molar-refractivity contribution in [1.29, 1.82) is 0 Å². The van der Waals surface area contributed by atoms with Gasteiger partial charge in [0.05, 0.1) is 11.0 Å². The highest BCUT2D eigenvalue weighted by Crippen LogP contribution is 2.23. The molecule has 1 aromatic rings. The van der Waals surface area contributed by atoms with Gasteiger partial charge in [0.15, 0.2) is 0 Å². The zero-order valence-corrected chi connectivity index (χ0v) is 14.6. The van der Waals surface area contributed by atoms with Crippen LogP contribution < -0.4 is 14.8 Å². The summed E-state index contributed by atoms with van der Waals surface area (Å²) in [6.45, 7) is 6.22. The summed E-state index contributed by atoms with van der Waals surface area (Å²) in [5, 5.41) is 2.72. The van der Waals surface area contributed by atoms with E-state index in [4.69, 9.17) is 4.74 Å². The Kier molecular flexibility index (Phi) is 5.64. The topological polar surface area (TPSA) is 84.5 Å². The summed E-state index contributed by atoms with van der Waals surface area (Å²) >= 11 is 0. The predicted molar refractivity (Wildman–Crippen MR) is 87.9 cm³/mol. The van der Waals surface area contributed by atoms with Gasteiger partial charge < -0.3 is 10.1 Å². The molecule has 2 N–H and O–H groups in total. The van der Waals surface area contributed by atoms with Crippen LogP contribution in [0.1, 0.15) is 38.7 Å². The van der Waals surface area contributed by atoms with Crippen molar-refractivity contribution in [2.45, 2.75) is 57.1 Å². The lowest BCUT2D eigenvalue weighted by Crippen LogP contribution is -2.45. The first-order valence-electron chi connectivity index (χ1n) is 7.87. The SMILES string of the molecule is Cc1cc(S(=O)(=O)NC2CCCCNC2=O)ccc1OC(C)C. The maximum atomic E-state index is 12.5. The molecule has 128 valence electrons. The van der Waals surface area contributed by atoms with Gasteiger partial charge in [0.25, 0.3) is 0 Å². The number of amides is 1. The van der Waals surface area contributed by atoms with Crippen molar-refractivity contribution in [2.24, 2.45) is 0 Å². The number of aryl methyl sites for hydroxylation is 1. The molecule has 1 unspecified atom stereocenters. The van der Waals surface area contributed by atoms with E-state index in [1.54, 1.807) is 19.1 Å². The van der Waals surface area contributed by atoms with E-state index in [1.807, 2.05) is 13.8 Å². The number of ether oxygens (including phenoxy) is 1. The van der Waals surface area contributed by atoms with Gasteiger partial charge >= 0.3 is 0 Å². The maximum Gasteiger partial charge on any atom is 0.241 e. The number of sulfonamides is 1. The van der Waals surface area contributed by atoms with Crippen molar-refractivity contribution in [2.75, 3.05) is 6.54 Å². The minimum atomic E-state index is -3.74. The third kappa shape index (κ3) is 4.68. The monoisotopic (exact) mass is 340 g/mol. The molecule has 1 saturated heterocycles. The number of carbonyl (C=O) groups excluding carboxylic acids is 1. The Morgan fingerprint density at radius 2 is 2.04 bits per heavy atom. The number of hydrogen-bond acceptors (Lipinski definition) is 4. The van der Waals surface area contributed by atoms with Crippen molar-refractivity contribution in [3.8, 4) is 5.75 Å². The molecule has 1 amide bonds. The summed E-state index contributed by atoms with van der Waals surface area (Å²) in [5.41, 5.74) is 0.742. The summed E-state index contributed by atoms with van der Waals surface area (Å²) in [4.78, 5) is 12.0. The van der Waals surface area contributed by atoms with Gasteiger partial charge in [-0.1, -0.05) is 0 Å². The zero-order valence-electron chi connectivity index (χ0n) is 13.8. The second kappa shape index (κ2) is 7.31. The van der Waals surface area contributed by atoms with E-state index in [1.165, 1.54) is 6.07 Å². The first kappa shape index (κ1) is 17.7. The van der Waals surface area contributed by atoms with E-state index in [2.05, 4.69) is 10.0 Å². The van der Waals surface area contributed by atoms with Crippen LogP contribution in [0.4, 0.5) is 0 Å². The molecule has 1 aliphatic heterocycles. The van der Waals surface area contributed by atoms with Gasteiger partial charge in [-0.15, -0.1) is 0 Å². The summed E-state index contributed by atoms with van der Waals surface area (Å²) in [7, 11) is -3.74. The molecule has 1 aliphatic rings. The second-order valence-corrected chi connectivity index (χ2v) is 7.77. The molecule has 23 heavy (non-hydrogen) atoms. The van der Waals surface area contributed by atoms with Gasteiger partial charge in [-0.2, -0.15) is 4.72 Å². The van der Waals surface area contributed by atoms with Gasteiger partial charge in [0, 0.05) is 6.54 Å². The summed E-state index contributed by atoms with van der Waals surface area (Å²) in [6.07, 6.45) is 2.21. The lowest BCUT2D eigenvalue weighted by Gasteiger charge is -2.17. The van der Waals surface area contributed by atoms with Crippen LogP contribution in [0, 0.1) is 6.92 Å². The Morgan fingerprint density at radius 3 is 2.70 bits per heavy atom. The van der Waals surface area contributed by atoms with Gasteiger partial charge in [-0.25, -0.2) is 8.42 Å².